The molecule has 0 atom stereocenters. The Balaban J connectivity index is 2.31. The molecule has 16 heavy (non-hydrogen) atoms. The molecule has 0 saturated carbocycles. The van der Waals surface area contributed by atoms with Gasteiger partial charge in [0.15, 0.2) is 16.7 Å². The highest BCUT2D eigenvalue weighted by atomic mass is 35.5. The summed E-state index contributed by atoms with van der Waals surface area (Å²) in [5.74, 6) is 0.250. The molecule has 1 amide bonds. The largest absolute Gasteiger partial charge is 0.354 e. The number of carbonyl (C=O) groups is 1. The highest BCUT2D eigenvalue weighted by molar-refractivity contribution is 6.29. The molecule has 82 valence electrons. The summed E-state index contributed by atoms with van der Waals surface area (Å²) in [5, 5.41) is 14.3. The fraction of sp³-hybridized carbons (Fsp3) is 0.111. The number of aromatic nitrogens is 4. The average molecular weight is 238 g/mol. The van der Waals surface area contributed by atoms with Gasteiger partial charge < -0.3 is 5.32 Å². The van der Waals surface area contributed by atoms with Crippen LogP contribution >= 0.6 is 11.6 Å². The number of halogens is 1. The van der Waals surface area contributed by atoms with Crippen LogP contribution in [0.2, 0.25) is 5.15 Å². The van der Waals surface area contributed by atoms with Crippen LogP contribution < -0.4 is 5.32 Å². The lowest BCUT2D eigenvalue weighted by molar-refractivity contribution is 0.0957. The Labute approximate surface area is 96.2 Å². The second kappa shape index (κ2) is 4.28. The summed E-state index contributed by atoms with van der Waals surface area (Å²) < 4.78 is 1.45. The lowest BCUT2D eigenvalue weighted by Gasteiger charge is -1.98. The Bertz CT molecular complexity index is 507. The van der Waals surface area contributed by atoms with Crippen molar-refractivity contribution in [2.75, 3.05) is 7.05 Å². The minimum Gasteiger partial charge on any atom is -0.354 e. The molecule has 1 N–H and O–H groups in total. The third-order valence-corrected chi connectivity index (χ3v) is 2.10. The molecule has 0 aromatic carbocycles. The maximum absolute atomic E-state index is 11.3. The molecule has 0 bridgehead atoms. The van der Waals surface area contributed by atoms with E-state index in [1.165, 1.54) is 4.68 Å². The van der Waals surface area contributed by atoms with Crippen molar-refractivity contribution >= 4 is 17.5 Å². The first-order valence-corrected chi connectivity index (χ1v) is 4.86. The van der Waals surface area contributed by atoms with Gasteiger partial charge in [-0.2, -0.15) is 5.10 Å². The molecule has 7 heteroatoms. The molecule has 2 aromatic heterocycles. The molecule has 0 unspecified atom stereocenters. The molecule has 2 heterocycles. The van der Waals surface area contributed by atoms with E-state index in [0.29, 0.717) is 16.7 Å². The van der Waals surface area contributed by atoms with E-state index in [0.717, 1.165) is 0 Å². The van der Waals surface area contributed by atoms with Crippen LogP contribution in [0.3, 0.4) is 0 Å². The Morgan fingerprint density at radius 2 is 2.19 bits per heavy atom. The van der Waals surface area contributed by atoms with Crippen molar-refractivity contribution in [1.82, 2.24) is 25.3 Å². The molecule has 0 aliphatic heterocycles. The first-order chi connectivity index (χ1) is 7.70. The summed E-state index contributed by atoms with van der Waals surface area (Å²) >= 11 is 5.61. The zero-order valence-corrected chi connectivity index (χ0v) is 9.14. The maximum atomic E-state index is 11.3. The van der Waals surface area contributed by atoms with Crippen molar-refractivity contribution in [3.63, 3.8) is 0 Å². The zero-order chi connectivity index (χ0) is 11.5. The monoisotopic (exact) mass is 237 g/mol. The van der Waals surface area contributed by atoms with Gasteiger partial charge in [-0.05, 0) is 18.2 Å². The molecular formula is C9H8ClN5O. The van der Waals surface area contributed by atoms with Gasteiger partial charge in [-0.15, -0.1) is 10.2 Å². The fourth-order valence-electron chi connectivity index (χ4n) is 1.13. The van der Waals surface area contributed by atoms with Gasteiger partial charge in [-0.1, -0.05) is 11.6 Å². The van der Waals surface area contributed by atoms with Crippen LogP contribution in [0.25, 0.3) is 5.82 Å². The lowest BCUT2D eigenvalue weighted by Crippen LogP contribution is -2.18. The molecule has 0 aliphatic carbocycles. The van der Waals surface area contributed by atoms with E-state index in [1.807, 2.05) is 0 Å². The molecule has 2 rings (SSSR count). The van der Waals surface area contributed by atoms with Gasteiger partial charge in [0.1, 0.15) is 0 Å². The predicted octanol–water partition coefficient (Wildman–Crippen LogP) is 0.675. The van der Waals surface area contributed by atoms with Crippen molar-refractivity contribution in [3.05, 3.63) is 35.2 Å². The van der Waals surface area contributed by atoms with E-state index in [2.05, 4.69) is 20.6 Å². The zero-order valence-electron chi connectivity index (χ0n) is 8.38. The van der Waals surface area contributed by atoms with Gasteiger partial charge >= 0.3 is 0 Å². The second-order valence-corrected chi connectivity index (χ2v) is 3.33. The van der Waals surface area contributed by atoms with E-state index in [4.69, 9.17) is 11.6 Å². The van der Waals surface area contributed by atoms with Crippen LogP contribution in [0.4, 0.5) is 0 Å². The Hall–Kier alpha value is -1.95. The van der Waals surface area contributed by atoms with Crippen molar-refractivity contribution in [3.8, 4) is 5.82 Å². The molecule has 2 aromatic rings. The SMILES string of the molecule is CNC(=O)c1ccn(-c2ccc(Cl)nn2)n1. The molecular weight excluding hydrogens is 230 g/mol. The summed E-state index contributed by atoms with van der Waals surface area (Å²) in [6.45, 7) is 0. The first kappa shape index (κ1) is 10.6. The minimum atomic E-state index is -0.249. The minimum absolute atomic E-state index is 0.249. The Morgan fingerprint density at radius 1 is 1.38 bits per heavy atom. The molecule has 0 radical (unpaired) electrons. The Morgan fingerprint density at radius 3 is 2.81 bits per heavy atom. The number of amides is 1. The molecule has 6 nitrogen and oxygen atoms in total. The number of hydrogen-bond donors (Lipinski definition) is 1. The lowest BCUT2D eigenvalue weighted by atomic mass is 10.4. The molecule has 0 saturated heterocycles. The number of rotatable bonds is 2. The van der Waals surface area contributed by atoms with E-state index in [1.54, 1.807) is 31.4 Å². The van der Waals surface area contributed by atoms with Crippen LogP contribution in [0.15, 0.2) is 24.4 Å². The summed E-state index contributed by atoms with van der Waals surface area (Å²) in [4.78, 5) is 11.3. The van der Waals surface area contributed by atoms with Crippen molar-refractivity contribution in [2.24, 2.45) is 0 Å². The highest BCUT2D eigenvalue weighted by Crippen LogP contribution is 2.06. The van der Waals surface area contributed by atoms with E-state index in [-0.39, 0.29) is 5.91 Å². The van der Waals surface area contributed by atoms with Crippen molar-refractivity contribution < 1.29 is 4.79 Å². The van der Waals surface area contributed by atoms with Gasteiger partial charge in [0.2, 0.25) is 0 Å². The van der Waals surface area contributed by atoms with Crippen LogP contribution in [-0.2, 0) is 0 Å². The summed E-state index contributed by atoms with van der Waals surface area (Å²) in [5.41, 5.74) is 0.319. The topological polar surface area (TPSA) is 72.7 Å². The number of nitrogens with zero attached hydrogens (tertiary/aromatic N) is 4. The number of carbonyl (C=O) groups excluding carboxylic acids is 1. The van der Waals surface area contributed by atoms with Gasteiger partial charge in [-0.25, -0.2) is 4.68 Å². The van der Waals surface area contributed by atoms with Gasteiger partial charge in [0.25, 0.3) is 5.91 Å². The van der Waals surface area contributed by atoms with E-state index in [9.17, 15) is 4.79 Å². The predicted molar refractivity (Wildman–Crippen MR) is 57.6 cm³/mol. The summed E-state index contributed by atoms with van der Waals surface area (Å²) in [6, 6.07) is 4.86. The standard InChI is InChI=1S/C9H8ClN5O/c1-11-9(16)6-4-5-15(14-6)8-3-2-7(10)12-13-8/h2-5H,1H3,(H,11,16). The normalized spacial score (nSPS) is 10.1. The summed E-state index contributed by atoms with van der Waals surface area (Å²) in [7, 11) is 1.55. The van der Waals surface area contributed by atoms with Crippen molar-refractivity contribution in [1.29, 1.82) is 0 Å². The first-order valence-electron chi connectivity index (χ1n) is 4.48. The van der Waals surface area contributed by atoms with Crippen LogP contribution in [0.1, 0.15) is 10.5 Å². The quantitative estimate of drug-likeness (QED) is 0.834. The molecule has 0 spiro atoms. The van der Waals surface area contributed by atoms with Gasteiger partial charge in [-0.3, -0.25) is 4.79 Å². The number of hydrogen-bond acceptors (Lipinski definition) is 4. The number of nitrogens with one attached hydrogen (secondary N) is 1. The average Bonchev–Trinajstić information content (AvgIpc) is 2.78. The van der Waals surface area contributed by atoms with Gasteiger partial charge in [0.05, 0.1) is 0 Å². The van der Waals surface area contributed by atoms with Crippen LogP contribution in [0, 0.1) is 0 Å². The maximum Gasteiger partial charge on any atom is 0.271 e. The smallest absolute Gasteiger partial charge is 0.271 e. The fourth-order valence-corrected chi connectivity index (χ4v) is 1.23. The van der Waals surface area contributed by atoms with Crippen molar-refractivity contribution in [2.45, 2.75) is 0 Å². The van der Waals surface area contributed by atoms with Gasteiger partial charge in [0, 0.05) is 13.2 Å². The van der Waals surface area contributed by atoms with Crippen LogP contribution in [0.5, 0.6) is 0 Å². The third kappa shape index (κ3) is 2.01. The Kier molecular flexibility index (Phi) is 2.82. The third-order valence-electron chi connectivity index (χ3n) is 1.90. The summed E-state index contributed by atoms with van der Waals surface area (Å²) in [6.07, 6.45) is 1.63. The molecule has 0 fully saturated rings. The highest BCUT2D eigenvalue weighted by Gasteiger charge is 2.08. The van der Waals surface area contributed by atoms with E-state index >= 15 is 0 Å². The van der Waals surface area contributed by atoms with E-state index < -0.39 is 0 Å². The molecule has 0 aliphatic rings. The second-order valence-electron chi connectivity index (χ2n) is 2.94. The van der Waals surface area contributed by atoms with Crippen LogP contribution in [-0.4, -0.2) is 32.9 Å².